The molecule has 0 spiro atoms. The lowest BCUT2D eigenvalue weighted by Gasteiger charge is -2.49. The molecule has 1 aromatic rings. The van der Waals surface area contributed by atoms with Crippen LogP contribution in [-0.4, -0.2) is 11.7 Å². The van der Waals surface area contributed by atoms with Crippen LogP contribution in [0.2, 0.25) is 0 Å². The molecule has 4 rings (SSSR count). The standard InChI is InChI=1S/C19H18N4O2S/c1-12-6-7-13(26-12)15-17(9-20,10-21)18(11-22)14-5-3-2-4-8-19(14,24-15)25-16(18)23/h6-7,14-15,23H,2-5,8H2,1H3. The molecule has 0 radical (unpaired) electrons. The van der Waals surface area contributed by atoms with Gasteiger partial charge in [-0.15, -0.1) is 11.3 Å². The van der Waals surface area contributed by atoms with E-state index in [9.17, 15) is 15.8 Å². The Kier molecular flexibility index (Phi) is 3.63. The van der Waals surface area contributed by atoms with Crippen molar-refractivity contribution in [1.29, 1.82) is 21.2 Å². The zero-order valence-electron chi connectivity index (χ0n) is 14.4. The fraction of sp³-hybridized carbons (Fsp3) is 0.579. The summed E-state index contributed by atoms with van der Waals surface area (Å²) in [5.74, 6) is -1.86. The van der Waals surface area contributed by atoms with Gasteiger partial charge in [0.15, 0.2) is 5.41 Å². The maximum Gasteiger partial charge on any atom is 0.217 e. The monoisotopic (exact) mass is 366 g/mol. The minimum atomic E-state index is -1.81. The zero-order valence-corrected chi connectivity index (χ0v) is 15.2. The Hall–Kier alpha value is -2.40. The van der Waals surface area contributed by atoms with Crippen molar-refractivity contribution in [1.82, 2.24) is 0 Å². The molecule has 4 unspecified atom stereocenters. The highest BCUT2D eigenvalue weighted by molar-refractivity contribution is 7.12. The number of nitrogens with one attached hydrogen (secondary N) is 1. The van der Waals surface area contributed by atoms with Crippen molar-refractivity contribution in [3.8, 4) is 18.2 Å². The smallest absolute Gasteiger partial charge is 0.217 e. The SMILES string of the molecule is Cc1ccc(C2OC34CCCCCC3C(C#N)(C(=N)O4)C2(C#N)C#N)s1. The highest BCUT2D eigenvalue weighted by Gasteiger charge is 2.80. The first-order valence-electron chi connectivity index (χ1n) is 8.75. The van der Waals surface area contributed by atoms with Crippen molar-refractivity contribution in [2.75, 3.05) is 0 Å². The summed E-state index contributed by atoms with van der Waals surface area (Å²) in [6, 6.07) is 10.2. The number of rotatable bonds is 1. The van der Waals surface area contributed by atoms with Gasteiger partial charge in [0.05, 0.1) is 24.1 Å². The quantitative estimate of drug-likeness (QED) is 0.808. The predicted molar refractivity (Wildman–Crippen MR) is 92.7 cm³/mol. The van der Waals surface area contributed by atoms with Gasteiger partial charge in [0.1, 0.15) is 6.10 Å². The van der Waals surface area contributed by atoms with Gasteiger partial charge in [-0.25, -0.2) is 0 Å². The highest BCUT2D eigenvalue weighted by Crippen LogP contribution is 2.69. The van der Waals surface area contributed by atoms with Crippen LogP contribution in [0.4, 0.5) is 0 Å². The number of nitrogens with zero attached hydrogens (tertiary/aromatic N) is 3. The summed E-state index contributed by atoms with van der Waals surface area (Å²) >= 11 is 1.45. The molecule has 2 aliphatic heterocycles. The Bertz CT molecular complexity index is 890. The fourth-order valence-electron chi connectivity index (χ4n) is 4.89. The van der Waals surface area contributed by atoms with Crippen molar-refractivity contribution in [2.24, 2.45) is 16.7 Å². The highest BCUT2D eigenvalue weighted by atomic mass is 32.1. The first kappa shape index (κ1) is 17.0. The molecule has 7 heteroatoms. The number of hydrogen-bond donors (Lipinski definition) is 1. The van der Waals surface area contributed by atoms with E-state index in [0.717, 1.165) is 29.0 Å². The van der Waals surface area contributed by atoms with Crippen LogP contribution in [0.25, 0.3) is 0 Å². The van der Waals surface area contributed by atoms with Crippen LogP contribution < -0.4 is 0 Å². The van der Waals surface area contributed by atoms with Crippen LogP contribution in [0, 0.1) is 63.1 Å². The second-order valence-corrected chi connectivity index (χ2v) is 8.61. The predicted octanol–water partition coefficient (Wildman–Crippen LogP) is 3.96. The minimum Gasteiger partial charge on any atom is -0.447 e. The Morgan fingerprint density at radius 3 is 2.54 bits per heavy atom. The number of hydrogen-bond acceptors (Lipinski definition) is 7. The van der Waals surface area contributed by atoms with E-state index in [1.165, 1.54) is 11.3 Å². The van der Waals surface area contributed by atoms with E-state index in [0.29, 0.717) is 12.8 Å². The normalized spacial score (nSPS) is 37.4. The molecule has 6 nitrogen and oxygen atoms in total. The average Bonchev–Trinajstić information content (AvgIpc) is 3.05. The number of nitriles is 3. The van der Waals surface area contributed by atoms with Crippen LogP contribution in [0.15, 0.2) is 12.1 Å². The summed E-state index contributed by atoms with van der Waals surface area (Å²) in [5.41, 5.74) is -3.42. The van der Waals surface area contributed by atoms with Crippen LogP contribution >= 0.6 is 11.3 Å². The summed E-state index contributed by atoms with van der Waals surface area (Å²) in [7, 11) is 0. The molecule has 1 N–H and O–H groups in total. The Labute approximate surface area is 156 Å². The van der Waals surface area contributed by atoms with E-state index < -0.39 is 28.6 Å². The van der Waals surface area contributed by atoms with Gasteiger partial charge in [-0.1, -0.05) is 12.8 Å². The zero-order chi connectivity index (χ0) is 18.6. The molecule has 26 heavy (non-hydrogen) atoms. The van der Waals surface area contributed by atoms with Gasteiger partial charge in [-0.3, -0.25) is 5.41 Å². The van der Waals surface area contributed by atoms with Gasteiger partial charge >= 0.3 is 0 Å². The second-order valence-electron chi connectivity index (χ2n) is 7.29. The van der Waals surface area contributed by atoms with E-state index >= 15 is 0 Å². The van der Waals surface area contributed by atoms with Crippen molar-refractivity contribution >= 4 is 17.2 Å². The van der Waals surface area contributed by atoms with Gasteiger partial charge in [0.25, 0.3) is 0 Å². The molecular formula is C19H18N4O2S. The van der Waals surface area contributed by atoms with Gasteiger partial charge in [0, 0.05) is 16.2 Å². The third kappa shape index (κ3) is 1.79. The molecular weight excluding hydrogens is 348 g/mol. The molecule has 1 saturated carbocycles. The molecule has 0 amide bonds. The lowest BCUT2D eigenvalue weighted by molar-refractivity contribution is -0.284. The van der Waals surface area contributed by atoms with Crippen molar-refractivity contribution in [3.05, 3.63) is 21.9 Å². The maximum atomic E-state index is 10.2. The number of thiophene rings is 1. The third-order valence-electron chi connectivity index (χ3n) is 6.09. The maximum absolute atomic E-state index is 10.2. The first-order valence-corrected chi connectivity index (χ1v) is 9.57. The Balaban J connectivity index is 2.00. The minimum absolute atomic E-state index is 0.286. The molecule has 3 aliphatic rings. The molecule has 0 aromatic carbocycles. The van der Waals surface area contributed by atoms with E-state index in [-0.39, 0.29) is 5.90 Å². The van der Waals surface area contributed by atoms with Crippen LogP contribution in [0.5, 0.6) is 0 Å². The lowest BCUT2D eigenvalue weighted by Crippen LogP contribution is -2.59. The molecule has 4 atom stereocenters. The summed E-state index contributed by atoms with van der Waals surface area (Å²) in [4.78, 5) is 1.76. The Morgan fingerprint density at radius 2 is 1.92 bits per heavy atom. The van der Waals surface area contributed by atoms with E-state index in [1.54, 1.807) is 0 Å². The van der Waals surface area contributed by atoms with E-state index in [4.69, 9.17) is 14.9 Å². The largest absolute Gasteiger partial charge is 0.447 e. The number of ether oxygens (including phenoxy) is 2. The summed E-state index contributed by atoms with van der Waals surface area (Å²) in [6.07, 6.45) is 2.98. The van der Waals surface area contributed by atoms with Crippen LogP contribution in [0.1, 0.15) is 48.0 Å². The van der Waals surface area contributed by atoms with Gasteiger partial charge in [-0.2, -0.15) is 15.8 Å². The molecule has 2 bridgehead atoms. The van der Waals surface area contributed by atoms with Crippen molar-refractivity contribution in [2.45, 2.75) is 50.9 Å². The molecule has 1 aliphatic carbocycles. The van der Waals surface area contributed by atoms with Gasteiger partial charge in [0.2, 0.25) is 17.1 Å². The third-order valence-corrected chi connectivity index (χ3v) is 7.13. The fourth-order valence-corrected chi connectivity index (χ4v) is 5.86. The second kappa shape index (κ2) is 5.55. The first-order chi connectivity index (χ1) is 12.5. The van der Waals surface area contributed by atoms with Gasteiger partial charge in [-0.05, 0) is 31.9 Å². The van der Waals surface area contributed by atoms with Crippen molar-refractivity contribution < 1.29 is 9.47 Å². The molecule has 3 fully saturated rings. The Morgan fingerprint density at radius 1 is 1.15 bits per heavy atom. The molecule has 1 aromatic heterocycles. The summed E-state index contributed by atoms with van der Waals surface area (Å²) in [5, 5.41) is 38.9. The van der Waals surface area contributed by atoms with E-state index in [2.05, 4.69) is 18.2 Å². The van der Waals surface area contributed by atoms with Gasteiger partial charge < -0.3 is 9.47 Å². The summed E-state index contributed by atoms with van der Waals surface area (Å²) < 4.78 is 12.3. The van der Waals surface area contributed by atoms with Crippen molar-refractivity contribution in [3.63, 3.8) is 0 Å². The lowest BCUT2D eigenvalue weighted by atomic mass is 9.53. The molecule has 2 saturated heterocycles. The van der Waals surface area contributed by atoms with Crippen LogP contribution in [-0.2, 0) is 9.47 Å². The van der Waals surface area contributed by atoms with Crippen LogP contribution in [0.3, 0.4) is 0 Å². The average molecular weight is 366 g/mol. The summed E-state index contributed by atoms with van der Waals surface area (Å²) in [6.45, 7) is 1.94. The molecule has 132 valence electrons. The van der Waals surface area contributed by atoms with E-state index in [1.807, 2.05) is 19.1 Å². The topological polar surface area (TPSA) is 114 Å². The number of aryl methyl sites for hydroxylation is 1. The molecule has 3 heterocycles.